The number of nitrogens with zero attached hydrogens (tertiary/aromatic N) is 2. The molecule has 0 fully saturated rings. The Balaban J connectivity index is 2.42. The summed E-state index contributed by atoms with van der Waals surface area (Å²) in [5, 5.41) is 0.618. The first-order valence-corrected chi connectivity index (χ1v) is 6.06. The van der Waals surface area contributed by atoms with Gasteiger partial charge in [0, 0.05) is 21.9 Å². The van der Waals surface area contributed by atoms with Crippen molar-refractivity contribution < 1.29 is 0 Å². The Morgan fingerprint density at radius 1 is 1.35 bits per heavy atom. The summed E-state index contributed by atoms with van der Waals surface area (Å²) in [5.74, 6) is 5.56. The lowest BCUT2D eigenvalue weighted by atomic mass is 10.0. The van der Waals surface area contributed by atoms with Crippen LogP contribution in [0, 0.1) is 0 Å². The Morgan fingerprint density at radius 2 is 2.18 bits per heavy atom. The highest BCUT2D eigenvalue weighted by Gasteiger charge is 2.16. The molecule has 88 valence electrons. The highest BCUT2D eigenvalue weighted by Crippen LogP contribution is 2.28. The van der Waals surface area contributed by atoms with Gasteiger partial charge in [-0.3, -0.25) is 15.8 Å². The molecule has 2 aromatic rings. The quantitative estimate of drug-likeness (QED) is 0.675. The summed E-state index contributed by atoms with van der Waals surface area (Å²) in [6.45, 7) is 0. The lowest BCUT2D eigenvalue weighted by Crippen LogP contribution is -2.29. The van der Waals surface area contributed by atoms with Gasteiger partial charge >= 0.3 is 0 Å². The molecule has 0 aliphatic heterocycles. The number of hydrogen-bond donors (Lipinski definition) is 2. The van der Waals surface area contributed by atoms with Gasteiger partial charge in [0.15, 0.2) is 0 Å². The Labute approximate surface area is 112 Å². The molecule has 0 saturated carbocycles. The summed E-state index contributed by atoms with van der Waals surface area (Å²) in [7, 11) is 0. The van der Waals surface area contributed by atoms with Crippen molar-refractivity contribution in [2.24, 2.45) is 5.84 Å². The molecule has 1 aromatic carbocycles. The van der Waals surface area contributed by atoms with Crippen LogP contribution in [0.4, 0.5) is 0 Å². The van der Waals surface area contributed by atoms with Crippen molar-refractivity contribution in [1.82, 2.24) is 15.4 Å². The van der Waals surface area contributed by atoms with E-state index >= 15 is 0 Å². The Bertz CT molecular complexity index is 506. The first-order valence-electron chi connectivity index (χ1n) is 4.89. The molecule has 0 spiro atoms. The monoisotopic (exact) mass is 312 g/mol. The zero-order valence-electron chi connectivity index (χ0n) is 8.77. The molecular weight excluding hydrogens is 304 g/mol. The normalized spacial score (nSPS) is 12.4. The fourth-order valence-corrected chi connectivity index (χ4v) is 2.31. The van der Waals surface area contributed by atoms with Crippen LogP contribution < -0.4 is 11.3 Å². The molecule has 0 radical (unpaired) electrons. The molecule has 0 bridgehead atoms. The first-order chi connectivity index (χ1) is 8.22. The van der Waals surface area contributed by atoms with Crippen LogP contribution in [0.2, 0.25) is 5.02 Å². The standard InChI is InChI=1S/C11H10BrClN4/c12-7-1-2-8(9(13)5-7)11(17-14)10-6-15-3-4-16-10/h1-6,11,17H,14H2. The molecule has 0 amide bonds. The molecule has 17 heavy (non-hydrogen) atoms. The second-order valence-corrected chi connectivity index (χ2v) is 4.72. The summed E-state index contributed by atoms with van der Waals surface area (Å²) in [5.41, 5.74) is 4.27. The van der Waals surface area contributed by atoms with Gasteiger partial charge in [-0.15, -0.1) is 0 Å². The molecule has 0 aliphatic carbocycles. The van der Waals surface area contributed by atoms with Crippen molar-refractivity contribution in [1.29, 1.82) is 0 Å². The minimum Gasteiger partial charge on any atom is -0.271 e. The zero-order chi connectivity index (χ0) is 12.3. The van der Waals surface area contributed by atoms with E-state index in [0.29, 0.717) is 5.02 Å². The van der Waals surface area contributed by atoms with E-state index in [9.17, 15) is 0 Å². The fourth-order valence-electron chi connectivity index (χ4n) is 1.53. The molecular formula is C11H10BrClN4. The lowest BCUT2D eigenvalue weighted by Gasteiger charge is -2.16. The number of halogens is 2. The number of nitrogens with one attached hydrogen (secondary N) is 1. The maximum atomic E-state index is 6.18. The smallest absolute Gasteiger partial charge is 0.0911 e. The zero-order valence-corrected chi connectivity index (χ0v) is 11.1. The molecule has 2 rings (SSSR count). The minimum atomic E-state index is -0.274. The summed E-state index contributed by atoms with van der Waals surface area (Å²) < 4.78 is 0.918. The van der Waals surface area contributed by atoms with E-state index in [-0.39, 0.29) is 6.04 Å². The predicted octanol–water partition coefficient (Wildman–Crippen LogP) is 2.45. The predicted molar refractivity (Wildman–Crippen MR) is 70.4 cm³/mol. The number of aromatic nitrogens is 2. The van der Waals surface area contributed by atoms with Crippen LogP contribution in [0.1, 0.15) is 17.3 Å². The number of rotatable bonds is 3. The van der Waals surface area contributed by atoms with Crippen molar-refractivity contribution >= 4 is 27.5 Å². The average Bonchev–Trinajstić information content (AvgIpc) is 2.34. The molecule has 4 nitrogen and oxygen atoms in total. The molecule has 0 aliphatic rings. The van der Waals surface area contributed by atoms with Gasteiger partial charge in [0.25, 0.3) is 0 Å². The van der Waals surface area contributed by atoms with Crippen LogP contribution in [-0.4, -0.2) is 9.97 Å². The van der Waals surface area contributed by atoms with E-state index in [1.807, 2.05) is 18.2 Å². The Hall–Kier alpha value is -1.01. The summed E-state index contributed by atoms with van der Waals surface area (Å²) in [6, 6.07) is 5.34. The average molecular weight is 314 g/mol. The van der Waals surface area contributed by atoms with E-state index in [0.717, 1.165) is 15.7 Å². The van der Waals surface area contributed by atoms with Crippen LogP contribution in [0.15, 0.2) is 41.3 Å². The second kappa shape index (κ2) is 5.55. The second-order valence-electron chi connectivity index (χ2n) is 3.40. The summed E-state index contributed by atoms with van der Waals surface area (Å²) >= 11 is 9.54. The maximum Gasteiger partial charge on any atom is 0.0911 e. The highest BCUT2D eigenvalue weighted by molar-refractivity contribution is 9.10. The van der Waals surface area contributed by atoms with Gasteiger partial charge in [0.1, 0.15) is 0 Å². The Morgan fingerprint density at radius 3 is 2.76 bits per heavy atom. The third-order valence-corrected chi connectivity index (χ3v) is 3.14. The van der Waals surface area contributed by atoms with Crippen LogP contribution in [0.5, 0.6) is 0 Å². The molecule has 0 saturated heterocycles. The van der Waals surface area contributed by atoms with Crippen molar-refractivity contribution in [2.45, 2.75) is 6.04 Å². The van der Waals surface area contributed by atoms with Crippen LogP contribution in [0.3, 0.4) is 0 Å². The molecule has 1 atom stereocenters. The van der Waals surface area contributed by atoms with E-state index in [2.05, 4.69) is 31.3 Å². The third-order valence-electron chi connectivity index (χ3n) is 2.32. The van der Waals surface area contributed by atoms with Crippen molar-refractivity contribution in [3.63, 3.8) is 0 Å². The number of hydrazine groups is 1. The molecule has 6 heteroatoms. The number of benzene rings is 1. The Kier molecular flexibility index (Phi) is 4.06. The summed E-state index contributed by atoms with van der Waals surface area (Å²) in [4.78, 5) is 8.23. The highest BCUT2D eigenvalue weighted by atomic mass is 79.9. The van der Waals surface area contributed by atoms with Gasteiger partial charge < -0.3 is 0 Å². The third kappa shape index (κ3) is 2.81. The van der Waals surface area contributed by atoms with E-state index < -0.39 is 0 Å². The van der Waals surface area contributed by atoms with Crippen LogP contribution >= 0.6 is 27.5 Å². The fraction of sp³-hybridized carbons (Fsp3) is 0.0909. The number of hydrogen-bond acceptors (Lipinski definition) is 4. The minimum absolute atomic E-state index is 0.274. The van der Waals surface area contributed by atoms with Gasteiger partial charge in [-0.2, -0.15) is 0 Å². The molecule has 1 unspecified atom stereocenters. The van der Waals surface area contributed by atoms with E-state index in [4.69, 9.17) is 17.4 Å². The van der Waals surface area contributed by atoms with Crippen molar-refractivity contribution in [2.75, 3.05) is 0 Å². The van der Waals surface area contributed by atoms with E-state index in [1.54, 1.807) is 18.6 Å². The van der Waals surface area contributed by atoms with Gasteiger partial charge in [-0.1, -0.05) is 33.6 Å². The van der Waals surface area contributed by atoms with Crippen molar-refractivity contribution in [3.8, 4) is 0 Å². The lowest BCUT2D eigenvalue weighted by molar-refractivity contribution is 0.618. The summed E-state index contributed by atoms with van der Waals surface area (Å²) in [6.07, 6.45) is 4.88. The van der Waals surface area contributed by atoms with Gasteiger partial charge in [-0.05, 0) is 17.7 Å². The topological polar surface area (TPSA) is 63.8 Å². The maximum absolute atomic E-state index is 6.18. The first kappa shape index (κ1) is 12.4. The molecule has 3 N–H and O–H groups in total. The van der Waals surface area contributed by atoms with Crippen molar-refractivity contribution in [3.05, 3.63) is 57.5 Å². The largest absolute Gasteiger partial charge is 0.271 e. The van der Waals surface area contributed by atoms with Crippen LogP contribution in [0.25, 0.3) is 0 Å². The van der Waals surface area contributed by atoms with E-state index in [1.165, 1.54) is 0 Å². The van der Waals surface area contributed by atoms with Crippen LogP contribution in [-0.2, 0) is 0 Å². The number of nitrogens with two attached hydrogens (primary N) is 1. The SMILES string of the molecule is NNC(c1cnccn1)c1ccc(Br)cc1Cl. The van der Waals surface area contributed by atoms with Gasteiger partial charge in [-0.25, -0.2) is 5.43 Å². The molecule has 1 heterocycles. The van der Waals surface area contributed by atoms with Gasteiger partial charge in [0.05, 0.1) is 17.9 Å². The molecule has 1 aromatic heterocycles. The van der Waals surface area contributed by atoms with Gasteiger partial charge in [0.2, 0.25) is 0 Å².